The van der Waals surface area contributed by atoms with Crippen molar-refractivity contribution >= 4 is 16.9 Å². The zero-order valence-corrected chi connectivity index (χ0v) is 10.3. The van der Waals surface area contributed by atoms with E-state index in [0.717, 1.165) is 12.2 Å². The molecular formula is C11H22OS. The van der Waals surface area contributed by atoms with E-state index >= 15 is 0 Å². The van der Waals surface area contributed by atoms with Crippen molar-refractivity contribution in [3.05, 3.63) is 0 Å². The first-order chi connectivity index (χ1) is 5.92. The second-order valence-electron chi connectivity index (χ2n) is 4.37. The molecule has 0 rings (SSSR count). The van der Waals surface area contributed by atoms with Gasteiger partial charge in [0, 0.05) is 11.2 Å². The van der Waals surface area contributed by atoms with Crippen LogP contribution in [0.2, 0.25) is 0 Å². The summed E-state index contributed by atoms with van der Waals surface area (Å²) in [6.45, 7) is 10.5. The lowest BCUT2D eigenvalue weighted by atomic mass is 9.83. The first-order valence-electron chi connectivity index (χ1n) is 5.10. The van der Waals surface area contributed by atoms with Crippen molar-refractivity contribution in [1.82, 2.24) is 0 Å². The van der Waals surface area contributed by atoms with Gasteiger partial charge < -0.3 is 0 Å². The number of unbranched alkanes of at least 4 members (excludes halogenated alkanes) is 1. The molecule has 0 unspecified atom stereocenters. The summed E-state index contributed by atoms with van der Waals surface area (Å²) in [4.78, 5) is 11.7. The van der Waals surface area contributed by atoms with E-state index < -0.39 is 0 Å². The minimum absolute atomic E-state index is 0.168. The third-order valence-electron chi connectivity index (χ3n) is 2.70. The molecule has 0 spiro atoms. The highest BCUT2D eigenvalue weighted by atomic mass is 32.2. The summed E-state index contributed by atoms with van der Waals surface area (Å²) < 4.78 is 0. The van der Waals surface area contributed by atoms with Gasteiger partial charge in [-0.25, -0.2) is 0 Å². The van der Waals surface area contributed by atoms with E-state index in [1.807, 2.05) is 13.8 Å². The Morgan fingerprint density at radius 1 is 1.38 bits per heavy atom. The quantitative estimate of drug-likeness (QED) is 0.632. The lowest BCUT2D eigenvalue weighted by molar-refractivity contribution is -0.120. The fraction of sp³-hybridized carbons (Fsp3) is 0.909. The Kier molecular flexibility index (Phi) is 5.70. The molecule has 0 heterocycles. The topological polar surface area (TPSA) is 17.1 Å². The van der Waals surface area contributed by atoms with Gasteiger partial charge in [0.1, 0.15) is 0 Å². The summed E-state index contributed by atoms with van der Waals surface area (Å²) in [5.74, 6) is 1.40. The third-order valence-corrected chi connectivity index (χ3v) is 3.98. The Morgan fingerprint density at radius 2 is 1.92 bits per heavy atom. The molecule has 0 aliphatic rings. The molecule has 0 atom stereocenters. The fourth-order valence-electron chi connectivity index (χ4n) is 0.731. The number of carbonyl (C=O) groups excluding carboxylic acids is 1. The number of thioether (sulfide) groups is 1. The molecule has 0 fully saturated rings. The van der Waals surface area contributed by atoms with Crippen LogP contribution in [-0.2, 0) is 4.79 Å². The van der Waals surface area contributed by atoms with Crippen LogP contribution in [0.15, 0.2) is 0 Å². The molecule has 0 bridgehead atoms. The van der Waals surface area contributed by atoms with Crippen LogP contribution in [-0.4, -0.2) is 10.9 Å². The molecule has 2 heteroatoms. The summed E-state index contributed by atoms with van der Waals surface area (Å²) in [6.07, 6.45) is 2.31. The van der Waals surface area contributed by atoms with Gasteiger partial charge >= 0.3 is 0 Å². The molecule has 0 saturated carbocycles. The predicted octanol–water partition coefficient (Wildman–Crippen LogP) is 3.73. The highest BCUT2D eigenvalue weighted by Gasteiger charge is 2.30. The van der Waals surface area contributed by atoms with Crippen LogP contribution in [0.3, 0.4) is 0 Å². The molecule has 0 aromatic carbocycles. The summed E-state index contributed by atoms with van der Waals surface area (Å²) in [7, 11) is 0. The molecule has 1 nitrogen and oxygen atoms in total. The van der Waals surface area contributed by atoms with Crippen molar-refractivity contribution in [2.24, 2.45) is 11.3 Å². The smallest absolute Gasteiger partial charge is 0.194 e. The largest absolute Gasteiger partial charge is 0.287 e. The lowest BCUT2D eigenvalue weighted by Gasteiger charge is -2.26. The Labute approximate surface area is 86.7 Å². The molecule has 13 heavy (non-hydrogen) atoms. The molecule has 0 aromatic heterocycles. The molecule has 0 aromatic rings. The zero-order valence-electron chi connectivity index (χ0n) is 9.52. The highest BCUT2D eigenvalue weighted by Crippen LogP contribution is 2.32. The van der Waals surface area contributed by atoms with E-state index in [0.29, 0.717) is 11.0 Å². The van der Waals surface area contributed by atoms with Crippen LogP contribution >= 0.6 is 11.8 Å². The highest BCUT2D eigenvalue weighted by molar-refractivity contribution is 8.13. The Morgan fingerprint density at radius 3 is 2.31 bits per heavy atom. The van der Waals surface area contributed by atoms with Crippen molar-refractivity contribution in [3.63, 3.8) is 0 Å². The number of hydrogen-bond donors (Lipinski definition) is 0. The zero-order chi connectivity index (χ0) is 10.5. The van der Waals surface area contributed by atoms with Crippen LogP contribution in [0, 0.1) is 11.3 Å². The maximum atomic E-state index is 11.7. The summed E-state index contributed by atoms with van der Waals surface area (Å²) in [5.41, 5.74) is -0.168. The van der Waals surface area contributed by atoms with Gasteiger partial charge in [0.15, 0.2) is 5.12 Å². The molecular weight excluding hydrogens is 180 g/mol. The first kappa shape index (κ1) is 13.0. The lowest BCUT2D eigenvalue weighted by Crippen LogP contribution is -2.27. The van der Waals surface area contributed by atoms with Crippen LogP contribution in [0.4, 0.5) is 0 Å². The molecule has 0 saturated heterocycles. The van der Waals surface area contributed by atoms with E-state index in [1.54, 1.807) is 0 Å². The molecule has 0 aliphatic heterocycles. The Bertz CT molecular complexity index is 161. The molecule has 78 valence electrons. The van der Waals surface area contributed by atoms with Gasteiger partial charge in [0.2, 0.25) is 0 Å². The van der Waals surface area contributed by atoms with Gasteiger partial charge in [-0.15, -0.1) is 0 Å². The molecule has 0 N–H and O–H groups in total. The summed E-state index contributed by atoms with van der Waals surface area (Å²) in [5, 5.41) is 0.343. The van der Waals surface area contributed by atoms with Crippen molar-refractivity contribution in [1.29, 1.82) is 0 Å². The normalized spacial score (nSPS) is 12.2. The fourth-order valence-corrected chi connectivity index (χ4v) is 1.96. The Balaban J connectivity index is 3.95. The number of rotatable bonds is 5. The van der Waals surface area contributed by atoms with Gasteiger partial charge in [-0.3, -0.25) is 4.79 Å². The third kappa shape index (κ3) is 4.17. The maximum absolute atomic E-state index is 11.7. The Hall–Kier alpha value is 0.0200. The van der Waals surface area contributed by atoms with Crippen LogP contribution in [0.5, 0.6) is 0 Å². The van der Waals surface area contributed by atoms with Crippen molar-refractivity contribution in [2.75, 3.05) is 5.75 Å². The van der Waals surface area contributed by atoms with E-state index in [2.05, 4.69) is 20.8 Å². The monoisotopic (exact) mass is 202 g/mol. The molecule has 0 radical (unpaired) electrons. The minimum atomic E-state index is -0.168. The minimum Gasteiger partial charge on any atom is -0.287 e. The SMILES string of the molecule is CCCCSC(=O)C(C)(C)C(C)C. The second kappa shape index (κ2) is 5.69. The van der Waals surface area contributed by atoms with Gasteiger partial charge in [-0.1, -0.05) is 52.8 Å². The van der Waals surface area contributed by atoms with Gasteiger partial charge in [0.05, 0.1) is 0 Å². The van der Waals surface area contributed by atoms with Crippen molar-refractivity contribution < 1.29 is 4.79 Å². The predicted molar refractivity (Wildman–Crippen MR) is 61.0 cm³/mol. The van der Waals surface area contributed by atoms with Crippen LogP contribution in [0.1, 0.15) is 47.5 Å². The van der Waals surface area contributed by atoms with E-state index in [-0.39, 0.29) is 5.41 Å². The average molecular weight is 202 g/mol. The molecule has 0 aliphatic carbocycles. The first-order valence-corrected chi connectivity index (χ1v) is 6.08. The maximum Gasteiger partial charge on any atom is 0.194 e. The summed E-state index contributed by atoms with van der Waals surface area (Å²) in [6, 6.07) is 0. The summed E-state index contributed by atoms with van der Waals surface area (Å²) >= 11 is 1.50. The van der Waals surface area contributed by atoms with Crippen molar-refractivity contribution in [3.8, 4) is 0 Å². The standard InChI is InChI=1S/C11H22OS/c1-6-7-8-13-10(12)11(4,5)9(2)3/h9H,6-8H2,1-5H3. The molecule has 0 amide bonds. The van der Waals surface area contributed by atoms with Gasteiger partial charge in [-0.05, 0) is 12.3 Å². The number of hydrogen-bond acceptors (Lipinski definition) is 2. The van der Waals surface area contributed by atoms with Crippen molar-refractivity contribution in [2.45, 2.75) is 47.5 Å². The van der Waals surface area contributed by atoms with E-state index in [9.17, 15) is 4.79 Å². The van der Waals surface area contributed by atoms with Gasteiger partial charge in [-0.2, -0.15) is 0 Å². The van der Waals surface area contributed by atoms with Crippen LogP contribution in [0.25, 0.3) is 0 Å². The van der Waals surface area contributed by atoms with Crippen LogP contribution < -0.4 is 0 Å². The average Bonchev–Trinajstić information content (AvgIpc) is 2.04. The van der Waals surface area contributed by atoms with E-state index in [4.69, 9.17) is 0 Å². The van der Waals surface area contributed by atoms with Gasteiger partial charge in [0.25, 0.3) is 0 Å². The van der Waals surface area contributed by atoms with E-state index in [1.165, 1.54) is 18.2 Å². The second-order valence-corrected chi connectivity index (χ2v) is 5.43. The number of carbonyl (C=O) groups is 1.